The summed E-state index contributed by atoms with van der Waals surface area (Å²) in [5.74, 6) is -0.446. The van der Waals surface area contributed by atoms with Gasteiger partial charge in [-0.2, -0.15) is 8.42 Å². The van der Waals surface area contributed by atoms with Crippen LogP contribution in [0.1, 0.15) is 21.6 Å². The second kappa shape index (κ2) is 11.0. The smallest absolute Gasteiger partial charge is 0.278 e. The zero-order valence-corrected chi connectivity index (χ0v) is 23.4. The van der Waals surface area contributed by atoms with E-state index in [0.717, 1.165) is 20.1 Å². The molecule has 0 saturated heterocycles. The minimum atomic E-state index is -4.24. The molecule has 9 nitrogen and oxygen atoms in total. The standard InChI is InChI=1S/C23H31N3O6S2Si/c1-16-17(2)25-32-22(16)26(15-31-13-12-30-3)34(28,29)23-19(14-20(33-23)35(4,5)6)21(27)24-18-10-8-7-9-11-18/h7-11,14H,12-13,15H2,1-6H3,(H,24,27). The van der Waals surface area contributed by atoms with Crippen molar-refractivity contribution < 1.29 is 27.2 Å². The molecule has 1 amide bonds. The first-order chi connectivity index (χ1) is 16.5. The van der Waals surface area contributed by atoms with Gasteiger partial charge in [-0.25, -0.2) is 4.31 Å². The summed E-state index contributed by atoms with van der Waals surface area (Å²) in [7, 11) is -4.66. The molecule has 1 N–H and O–H groups in total. The fourth-order valence-corrected chi connectivity index (χ4v) is 8.24. The maximum atomic E-state index is 14.0. The largest absolute Gasteiger partial charge is 0.382 e. The predicted octanol–water partition coefficient (Wildman–Crippen LogP) is 3.97. The molecule has 0 aliphatic rings. The molecule has 0 bridgehead atoms. The van der Waals surface area contributed by atoms with Crippen LogP contribution in [-0.2, 0) is 19.5 Å². The molecule has 0 unspecified atom stereocenters. The maximum Gasteiger partial charge on any atom is 0.278 e. The van der Waals surface area contributed by atoms with Crippen LogP contribution in [0.2, 0.25) is 19.6 Å². The van der Waals surface area contributed by atoms with Crippen molar-refractivity contribution in [1.82, 2.24) is 5.16 Å². The van der Waals surface area contributed by atoms with Crippen molar-refractivity contribution in [2.75, 3.05) is 36.7 Å². The molecule has 35 heavy (non-hydrogen) atoms. The first kappa shape index (κ1) is 27.1. The van der Waals surface area contributed by atoms with Crippen LogP contribution in [0.4, 0.5) is 11.6 Å². The van der Waals surface area contributed by atoms with Crippen molar-refractivity contribution in [3.8, 4) is 0 Å². The maximum absolute atomic E-state index is 14.0. The van der Waals surface area contributed by atoms with Gasteiger partial charge in [-0.15, -0.1) is 11.3 Å². The molecule has 12 heteroatoms. The van der Waals surface area contributed by atoms with Gasteiger partial charge in [0, 0.05) is 18.4 Å². The number of carbonyl (C=O) groups excluding carboxylic acids is 1. The number of sulfonamides is 1. The monoisotopic (exact) mass is 537 g/mol. The van der Waals surface area contributed by atoms with Gasteiger partial charge in [0.05, 0.1) is 32.5 Å². The molecule has 3 aromatic rings. The molecule has 190 valence electrons. The zero-order valence-electron chi connectivity index (χ0n) is 20.7. The Morgan fingerprint density at radius 2 is 1.86 bits per heavy atom. The van der Waals surface area contributed by atoms with Gasteiger partial charge < -0.3 is 19.3 Å². The molecule has 0 aliphatic carbocycles. The lowest BCUT2D eigenvalue weighted by Gasteiger charge is -2.22. The van der Waals surface area contributed by atoms with Crippen molar-refractivity contribution in [2.24, 2.45) is 0 Å². The summed E-state index contributed by atoms with van der Waals surface area (Å²) >= 11 is 1.12. The molecule has 0 radical (unpaired) electrons. The highest BCUT2D eigenvalue weighted by molar-refractivity contribution is 7.95. The topological polar surface area (TPSA) is 111 Å². The molecular weight excluding hydrogens is 506 g/mol. The Kier molecular flexibility index (Phi) is 8.54. The van der Waals surface area contributed by atoms with Gasteiger partial charge in [-0.05, 0) is 36.5 Å². The van der Waals surface area contributed by atoms with Gasteiger partial charge >= 0.3 is 0 Å². The van der Waals surface area contributed by atoms with Crippen molar-refractivity contribution in [1.29, 1.82) is 0 Å². The molecule has 0 saturated carbocycles. The van der Waals surface area contributed by atoms with E-state index >= 15 is 0 Å². The van der Waals surface area contributed by atoms with Crippen LogP contribution in [0.25, 0.3) is 0 Å². The van der Waals surface area contributed by atoms with E-state index in [9.17, 15) is 13.2 Å². The molecule has 0 fully saturated rings. The summed E-state index contributed by atoms with van der Waals surface area (Å²) in [5, 5.41) is 6.72. The summed E-state index contributed by atoms with van der Waals surface area (Å²) < 4.78 is 45.9. The van der Waals surface area contributed by atoms with E-state index in [4.69, 9.17) is 14.0 Å². The molecular formula is C23H31N3O6S2Si. The van der Waals surface area contributed by atoms with E-state index in [2.05, 4.69) is 30.1 Å². The summed E-state index contributed by atoms with van der Waals surface area (Å²) in [5.41, 5.74) is 1.80. The molecule has 2 aromatic heterocycles. The zero-order chi connectivity index (χ0) is 25.8. The Morgan fingerprint density at radius 3 is 2.43 bits per heavy atom. The summed E-state index contributed by atoms with van der Waals surface area (Å²) in [4.78, 5) is 13.3. The van der Waals surface area contributed by atoms with Crippen LogP contribution < -0.4 is 14.1 Å². The first-order valence-corrected chi connectivity index (χ1v) is 16.8. The lowest BCUT2D eigenvalue weighted by atomic mass is 10.3. The Bertz CT molecular complexity index is 1270. The molecule has 0 spiro atoms. The van der Waals surface area contributed by atoms with Gasteiger partial charge in [-0.3, -0.25) is 4.79 Å². The summed E-state index contributed by atoms with van der Waals surface area (Å²) in [6, 6.07) is 10.6. The summed E-state index contributed by atoms with van der Waals surface area (Å²) in [6.45, 7) is 9.92. The minimum Gasteiger partial charge on any atom is -0.382 e. The second-order valence-corrected chi connectivity index (χ2v) is 17.5. The number of carbonyl (C=O) groups is 1. The van der Waals surface area contributed by atoms with E-state index in [0.29, 0.717) is 23.6 Å². The number of rotatable bonds is 11. The number of aryl methyl sites for hydroxylation is 1. The van der Waals surface area contributed by atoms with Crippen molar-refractivity contribution >= 4 is 51.4 Å². The average molecular weight is 538 g/mol. The number of nitrogens with zero attached hydrogens (tertiary/aromatic N) is 2. The minimum absolute atomic E-state index is 0.0530. The second-order valence-electron chi connectivity index (χ2n) is 8.96. The Balaban J connectivity index is 2.09. The fraction of sp³-hybridized carbons (Fsp3) is 0.391. The number of ether oxygens (including phenoxy) is 2. The van der Waals surface area contributed by atoms with Crippen LogP contribution in [-0.4, -0.2) is 54.6 Å². The highest BCUT2D eigenvalue weighted by Crippen LogP contribution is 2.33. The van der Waals surface area contributed by atoms with E-state index < -0.39 is 24.0 Å². The highest BCUT2D eigenvalue weighted by Gasteiger charge is 2.37. The van der Waals surface area contributed by atoms with Crippen molar-refractivity contribution in [2.45, 2.75) is 37.7 Å². The third-order valence-electron chi connectivity index (χ3n) is 5.24. The Hall–Kier alpha value is -2.51. The quantitative estimate of drug-likeness (QED) is 0.224. The molecule has 1 aromatic carbocycles. The molecule has 0 atom stereocenters. The van der Waals surface area contributed by atoms with E-state index in [1.807, 2.05) is 6.07 Å². The molecule has 2 heterocycles. The van der Waals surface area contributed by atoms with Gasteiger partial charge in [-0.1, -0.05) is 43.0 Å². The van der Waals surface area contributed by atoms with E-state index in [1.54, 1.807) is 44.2 Å². The van der Waals surface area contributed by atoms with Crippen LogP contribution in [0, 0.1) is 13.8 Å². The summed E-state index contributed by atoms with van der Waals surface area (Å²) in [6.07, 6.45) is 0. The number of para-hydroxylation sites is 1. The van der Waals surface area contributed by atoms with Gasteiger partial charge in [0.2, 0.25) is 5.88 Å². The van der Waals surface area contributed by atoms with Gasteiger partial charge in [0.15, 0.2) is 4.21 Å². The SMILES string of the molecule is COCCOCN(c1onc(C)c1C)S(=O)(=O)c1sc([Si](C)(C)C)cc1C(=O)Nc1ccccc1. The van der Waals surface area contributed by atoms with Crippen LogP contribution in [0.15, 0.2) is 45.1 Å². The predicted molar refractivity (Wildman–Crippen MR) is 140 cm³/mol. The number of thiophene rings is 1. The Morgan fingerprint density at radius 1 is 1.17 bits per heavy atom. The number of anilines is 2. The van der Waals surface area contributed by atoms with Gasteiger partial charge in [0.1, 0.15) is 6.73 Å². The van der Waals surface area contributed by atoms with E-state index in [-0.39, 0.29) is 29.0 Å². The number of hydrogen-bond acceptors (Lipinski definition) is 8. The fourth-order valence-electron chi connectivity index (χ4n) is 3.08. The van der Waals surface area contributed by atoms with Crippen LogP contribution in [0.5, 0.6) is 0 Å². The number of benzene rings is 1. The number of nitrogens with one attached hydrogen (secondary N) is 1. The first-order valence-electron chi connectivity index (χ1n) is 11.0. The third kappa shape index (κ3) is 6.19. The lowest BCUT2D eigenvalue weighted by molar-refractivity contribution is 0.0744. The Labute approximate surface area is 211 Å². The third-order valence-corrected chi connectivity index (χ3v) is 12.2. The molecule has 0 aliphatic heterocycles. The van der Waals surface area contributed by atoms with Crippen molar-refractivity contribution in [3.05, 3.63) is 53.2 Å². The lowest BCUT2D eigenvalue weighted by Crippen LogP contribution is -2.35. The van der Waals surface area contributed by atoms with Gasteiger partial charge in [0.25, 0.3) is 15.9 Å². The highest BCUT2D eigenvalue weighted by atomic mass is 32.2. The van der Waals surface area contributed by atoms with Crippen LogP contribution in [0.3, 0.4) is 0 Å². The van der Waals surface area contributed by atoms with Crippen molar-refractivity contribution in [3.63, 3.8) is 0 Å². The average Bonchev–Trinajstić information content (AvgIpc) is 3.40. The normalized spacial score (nSPS) is 12.1. The van der Waals surface area contributed by atoms with E-state index in [1.165, 1.54) is 7.11 Å². The number of hydrogen-bond donors (Lipinski definition) is 1. The molecule has 3 rings (SSSR count). The number of aromatic nitrogens is 1. The number of amides is 1. The number of methoxy groups -OCH3 is 1. The van der Waals surface area contributed by atoms with Crippen LogP contribution >= 0.6 is 11.3 Å².